The number of ketones is 1. The van der Waals surface area contributed by atoms with E-state index in [1.807, 2.05) is 20.8 Å². The Bertz CT molecular complexity index is 329. The Morgan fingerprint density at radius 3 is 2.18 bits per heavy atom. The Hall–Kier alpha value is -1.32. The minimum absolute atomic E-state index is 0.0747. The van der Waals surface area contributed by atoms with Crippen molar-refractivity contribution in [2.75, 3.05) is 13.1 Å². The van der Waals surface area contributed by atoms with E-state index in [2.05, 4.69) is 0 Å². The summed E-state index contributed by atoms with van der Waals surface area (Å²) in [6, 6.07) is 0. The number of ether oxygens (including phenoxy) is 1. The van der Waals surface area contributed by atoms with Gasteiger partial charge in [0.15, 0.2) is 5.78 Å². The van der Waals surface area contributed by atoms with Gasteiger partial charge >= 0.3 is 6.09 Å². The summed E-state index contributed by atoms with van der Waals surface area (Å²) in [5.74, 6) is 0.0747. The Balaban J connectivity index is 2.47. The molecule has 1 heterocycles. The summed E-state index contributed by atoms with van der Waals surface area (Å²) in [6.45, 7) is 8.39. The highest BCUT2D eigenvalue weighted by Crippen LogP contribution is 2.18. The quantitative estimate of drug-likeness (QED) is 0.661. The Morgan fingerprint density at radius 2 is 1.76 bits per heavy atom. The van der Waals surface area contributed by atoms with Crippen LogP contribution in [0.15, 0.2) is 11.6 Å². The van der Waals surface area contributed by atoms with Crippen molar-refractivity contribution in [3.8, 4) is 0 Å². The summed E-state index contributed by atoms with van der Waals surface area (Å²) in [6.07, 6.45) is 2.93. The Kier molecular flexibility index (Phi) is 4.32. The molecule has 1 aliphatic rings. The predicted octanol–water partition coefficient (Wildman–Crippen LogP) is 2.53. The third-order valence-corrected chi connectivity index (χ3v) is 2.46. The van der Waals surface area contributed by atoms with Gasteiger partial charge < -0.3 is 9.64 Å². The zero-order valence-electron chi connectivity index (χ0n) is 11.1. The second-order valence-electron chi connectivity index (χ2n) is 5.38. The average Bonchev–Trinajstić information content (AvgIpc) is 2.15. The van der Waals surface area contributed by atoms with Gasteiger partial charge in [-0.2, -0.15) is 0 Å². The molecule has 0 atom stereocenters. The zero-order chi connectivity index (χ0) is 13.1. The first-order valence-electron chi connectivity index (χ1n) is 5.96. The molecule has 0 aromatic rings. The molecule has 4 nitrogen and oxygen atoms in total. The third kappa shape index (κ3) is 5.02. The Morgan fingerprint density at radius 1 is 1.24 bits per heavy atom. The van der Waals surface area contributed by atoms with E-state index in [-0.39, 0.29) is 11.9 Å². The number of carbonyl (C=O) groups is 2. The number of hydrogen-bond donors (Lipinski definition) is 0. The van der Waals surface area contributed by atoms with Crippen LogP contribution in [0.5, 0.6) is 0 Å². The van der Waals surface area contributed by atoms with E-state index in [1.54, 1.807) is 17.9 Å². The van der Waals surface area contributed by atoms with E-state index >= 15 is 0 Å². The van der Waals surface area contributed by atoms with Gasteiger partial charge in [-0.1, -0.05) is 5.57 Å². The molecule has 1 saturated heterocycles. The van der Waals surface area contributed by atoms with E-state index < -0.39 is 5.60 Å². The molecule has 0 saturated carbocycles. The summed E-state index contributed by atoms with van der Waals surface area (Å²) < 4.78 is 5.29. The molecule has 4 heteroatoms. The van der Waals surface area contributed by atoms with Crippen LogP contribution in [0.3, 0.4) is 0 Å². The van der Waals surface area contributed by atoms with Crippen LogP contribution < -0.4 is 0 Å². The van der Waals surface area contributed by atoms with Crippen molar-refractivity contribution in [1.29, 1.82) is 0 Å². The Labute approximate surface area is 103 Å². The van der Waals surface area contributed by atoms with Crippen LogP contribution in [0, 0.1) is 0 Å². The van der Waals surface area contributed by atoms with Gasteiger partial charge in [0.1, 0.15) is 5.60 Å². The first-order chi connectivity index (χ1) is 7.78. The number of rotatable bonds is 1. The highest BCUT2D eigenvalue weighted by Gasteiger charge is 2.24. The van der Waals surface area contributed by atoms with Crippen LogP contribution in [-0.4, -0.2) is 35.5 Å². The predicted molar refractivity (Wildman–Crippen MR) is 65.8 cm³/mol. The largest absolute Gasteiger partial charge is 0.444 e. The molecule has 0 spiro atoms. The van der Waals surface area contributed by atoms with Crippen LogP contribution in [0.2, 0.25) is 0 Å². The van der Waals surface area contributed by atoms with Crippen LogP contribution in [0.4, 0.5) is 4.79 Å². The third-order valence-electron chi connectivity index (χ3n) is 2.46. The van der Waals surface area contributed by atoms with Gasteiger partial charge in [-0.25, -0.2) is 4.79 Å². The van der Waals surface area contributed by atoms with Crippen molar-refractivity contribution in [3.63, 3.8) is 0 Å². The maximum absolute atomic E-state index is 11.8. The molecule has 0 radical (unpaired) electrons. The highest BCUT2D eigenvalue weighted by molar-refractivity contribution is 5.88. The SMILES string of the molecule is CC(=O)C=C1CCN(C(=O)OC(C)(C)C)CC1. The molecule has 0 N–H and O–H groups in total. The molecule has 0 aliphatic carbocycles. The lowest BCUT2D eigenvalue weighted by Gasteiger charge is -2.30. The molecule has 17 heavy (non-hydrogen) atoms. The number of allylic oxidation sites excluding steroid dienone is 1. The highest BCUT2D eigenvalue weighted by atomic mass is 16.6. The van der Waals surface area contributed by atoms with Gasteiger partial charge in [-0.15, -0.1) is 0 Å². The maximum Gasteiger partial charge on any atom is 0.410 e. The number of piperidine rings is 1. The average molecular weight is 239 g/mol. The molecule has 0 aromatic carbocycles. The molecular formula is C13H21NO3. The molecule has 1 fully saturated rings. The summed E-state index contributed by atoms with van der Waals surface area (Å²) in [5.41, 5.74) is 0.671. The fraction of sp³-hybridized carbons (Fsp3) is 0.692. The number of hydrogen-bond acceptors (Lipinski definition) is 3. The molecule has 96 valence electrons. The van der Waals surface area contributed by atoms with Crippen molar-refractivity contribution in [1.82, 2.24) is 4.90 Å². The fourth-order valence-corrected chi connectivity index (χ4v) is 1.73. The van der Waals surface area contributed by atoms with E-state index in [0.29, 0.717) is 13.1 Å². The topological polar surface area (TPSA) is 46.6 Å². The van der Waals surface area contributed by atoms with Crippen LogP contribution in [-0.2, 0) is 9.53 Å². The second kappa shape index (κ2) is 5.34. The summed E-state index contributed by atoms with van der Waals surface area (Å²) in [5, 5.41) is 0. The molecule has 1 amide bonds. The fourth-order valence-electron chi connectivity index (χ4n) is 1.73. The van der Waals surface area contributed by atoms with Crippen molar-refractivity contribution in [2.24, 2.45) is 0 Å². The van der Waals surface area contributed by atoms with Gasteiger partial charge in [0.2, 0.25) is 0 Å². The summed E-state index contributed by atoms with van der Waals surface area (Å²) in [4.78, 5) is 24.4. The lowest BCUT2D eigenvalue weighted by molar-refractivity contribution is -0.112. The number of carbonyl (C=O) groups excluding carboxylic acids is 2. The lowest BCUT2D eigenvalue weighted by atomic mass is 10.0. The van der Waals surface area contributed by atoms with Crippen molar-refractivity contribution in [3.05, 3.63) is 11.6 Å². The van der Waals surface area contributed by atoms with Gasteiger partial charge in [-0.05, 0) is 46.6 Å². The maximum atomic E-state index is 11.8. The van der Waals surface area contributed by atoms with Crippen LogP contribution >= 0.6 is 0 Å². The van der Waals surface area contributed by atoms with Crippen molar-refractivity contribution in [2.45, 2.75) is 46.1 Å². The standard InChI is InChI=1S/C13H21NO3/c1-10(15)9-11-5-7-14(8-6-11)12(16)17-13(2,3)4/h9H,5-8H2,1-4H3. The second-order valence-corrected chi connectivity index (χ2v) is 5.38. The summed E-state index contributed by atoms with van der Waals surface area (Å²) >= 11 is 0. The lowest BCUT2D eigenvalue weighted by Crippen LogP contribution is -2.40. The minimum atomic E-state index is -0.452. The van der Waals surface area contributed by atoms with E-state index in [4.69, 9.17) is 4.74 Å². The zero-order valence-corrected chi connectivity index (χ0v) is 11.1. The monoisotopic (exact) mass is 239 g/mol. The van der Waals surface area contributed by atoms with Gasteiger partial charge in [0.05, 0.1) is 0 Å². The van der Waals surface area contributed by atoms with E-state index in [1.165, 1.54) is 0 Å². The van der Waals surface area contributed by atoms with Crippen molar-refractivity contribution < 1.29 is 14.3 Å². The van der Waals surface area contributed by atoms with Gasteiger partial charge in [0, 0.05) is 13.1 Å². The van der Waals surface area contributed by atoms with Crippen molar-refractivity contribution >= 4 is 11.9 Å². The van der Waals surface area contributed by atoms with Gasteiger partial charge in [-0.3, -0.25) is 4.79 Å². The molecular weight excluding hydrogens is 218 g/mol. The van der Waals surface area contributed by atoms with E-state index in [9.17, 15) is 9.59 Å². The molecule has 1 rings (SSSR count). The molecule has 0 bridgehead atoms. The molecule has 0 aromatic heterocycles. The normalized spacial score (nSPS) is 16.7. The minimum Gasteiger partial charge on any atom is -0.444 e. The number of nitrogens with zero attached hydrogens (tertiary/aromatic N) is 1. The van der Waals surface area contributed by atoms with E-state index in [0.717, 1.165) is 18.4 Å². The number of amides is 1. The summed E-state index contributed by atoms with van der Waals surface area (Å²) in [7, 11) is 0. The number of likely N-dealkylation sites (tertiary alicyclic amines) is 1. The molecule has 1 aliphatic heterocycles. The van der Waals surface area contributed by atoms with Crippen LogP contribution in [0.25, 0.3) is 0 Å². The van der Waals surface area contributed by atoms with Gasteiger partial charge in [0.25, 0.3) is 0 Å². The first-order valence-corrected chi connectivity index (χ1v) is 5.96. The van der Waals surface area contributed by atoms with Crippen LogP contribution in [0.1, 0.15) is 40.5 Å². The first kappa shape index (κ1) is 13.7. The smallest absolute Gasteiger partial charge is 0.410 e. The molecule has 0 unspecified atom stereocenters.